The first-order valence-electron chi connectivity index (χ1n) is 12.8. The Hall–Kier alpha value is -3.95. The fourth-order valence-electron chi connectivity index (χ4n) is 4.29. The van der Waals surface area contributed by atoms with Crippen LogP contribution in [0.1, 0.15) is 43.5 Å². The van der Waals surface area contributed by atoms with Gasteiger partial charge in [0, 0.05) is 12.2 Å². The zero-order valence-electron chi connectivity index (χ0n) is 23.0. The summed E-state index contributed by atoms with van der Waals surface area (Å²) >= 11 is 0. The maximum absolute atomic E-state index is 13.9. The fraction of sp³-hybridized carbons (Fsp3) is 0.367. The zero-order chi connectivity index (χ0) is 28.7. The van der Waals surface area contributed by atoms with Gasteiger partial charge in [-0.3, -0.25) is 9.59 Å². The van der Waals surface area contributed by atoms with Crippen LogP contribution in [0.4, 0.5) is 10.5 Å². The van der Waals surface area contributed by atoms with Crippen molar-refractivity contribution in [2.75, 3.05) is 25.1 Å². The molecule has 0 spiro atoms. The number of nitrogens with one attached hydrogen (secondary N) is 2. The largest absolute Gasteiger partial charge is 0.444 e. The Morgan fingerprint density at radius 1 is 0.949 bits per heavy atom. The van der Waals surface area contributed by atoms with Gasteiger partial charge in [-0.2, -0.15) is 0 Å². The lowest BCUT2D eigenvalue weighted by molar-refractivity contribution is -0.142. The van der Waals surface area contributed by atoms with Gasteiger partial charge in [0.1, 0.15) is 17.7 Å². The Morgan fingerprint density at radius 3 is 2.28 bits per heavy atom. The highest BCUT2D eigenvalue weighted by Gasteiger charge is 2.36. The van der Waals surface area contributed by atoms with Gasteiger partial charge in [-0.25, -0.2) is 4.79 Å². The molecule has 0 aliphatic heterocycles. The predicted molar refractivity (Wildman–Crippen MR) is 150 cm³/mol. The number of ether oxygens (including phenoxy) is 1. The van der Waals surface area contributed by atoms with E-state index in [1.807, 2.05) is 68.4 Å². The summed E-state index contributed by atoms with van der Waals surface area (Å²) in [4.78, 5) is 41.2. The average molecular weight is 536 g/mol. The van der Waals surface area contributed by atoms with Gasteiger partial charge in [0.05, 0.1) is 13.2 Å². The highest BCUT2D eigenvalue weighted by atomic mass is 16.6. The summed E-state index contributed by atoms with van der Waals surface area (Å²) in [5.74, 6) is -1.24. The van der Waals surface area contributed by atoms with Crippen LogP contribution in [-0.4, -0.2) is 64.4 Å². The summed E-state index contributed by atoms with van der Waals surface area (Å²) < 4.78 is 5.24. The second-order valence-corrected chi connectivity index (χ2v) is 10.5. The van der Waals surface area contributed by atoms with Crippen LogP contribution in [0.25, 0.3) is 10.8 Å². The van der Waals surface area contributed by atoms with E-state index < -0.39 is 48.8 Å². The Labute approximate surface area is 228 Å². The van der Waals surface area contributed by atoms with Crippen molar-refractivity contribution >= 4 is 34.4 Å². The Bertz CT molecular complexity index is 1330. The number of rotatable bonds is 9. The number of benzene rings is 3. The number of aliphatic hydroxyl groups is 2. The van der Waals surface area contributed by atoms with Gasteiger partial charge < -0.3 is 30.5 Å². The number of fused-ring (bicyclic) bond motifs is 1. The van der Waals surface area contributed by atoms with Crippen LogP contribution in [0.15, 0.2) is 60.7 Å². The molecule has 0 fully saturated rings. The molecular formula is C30H37N3O6. The number of anilines is 1. The number of nitrogens with zero attached hydrogens (tertiary/aromatic N) is 1. The van der Waals surface area contributed by atoms with Crippen LogP contribution in [0.5, 0.6) is 0 Å². The van der Waals surface area contributed by atoms with E-state index in [1.165, 1.54) is 4.90 Å². The molecule has 9 heteroatoms. The first-order valence-corrected chi connectivity index (χ1v) is 12.8. The molecule has 3 aromatic carbocycles. The number of hydrogen-bond donors (Lipinski definition) is 4. The lowest BCUT2D eigenvalue weighted by Crippen LogP contribution is -2.54. The Balaban J connectivity index is 2.01. The first-order chi connectivity index (χ1) is 18.4. The summed E-state index contributed by atoms with van der Waals surface area (Å²) in [6.45, 7) is 7.34. The minimum absolute atomic E-state index is 0.214. The van der Waals surface area contributed by atoms with Crippen molar-refractivity contribution in [1.82, 2.24) is 10.2 Å². The van der Waals surface area contributed by atoms with Crippen LogP contribution >= 0.6 is 0 Å². The molecule has 2 atom stereocenters. The molecule has 3 amide bonds. The second-order valence-electron chi connectivity index (χ2n) is 10.5. The molecule has 0 aromatic heterocycles. The van der Waals surface area contributed by atoms with Gasteiger partial charge >= 0.3 is 6.09 Å². The van der Waals surface area contributed by atoms with Crippen molar-refractivity contribution in [2.24, 2.45) is 0 Å². The van der Waals surface area contributed by atoms with Crippen LogP contribution in [-0.2, 0) is 14.3 Å². The molecule has 0 saturated carbocycles. The van der Waals surface area contributed by atoms with E-state index in [-0.39, 0.29) is 6.54 Å². The number of hydrogen-bond acceptors (Lipinski definition) is 6. The van der Waals surface area contributed by atoms with Gasteiger partial charge in [0.25, 0.3) is 5.91 Å². The molecule has 2 unspecified atom stereocenters. The van der Waals surface area contributed by atoms with E-state index in [0.29, 0.717) is 11.3 Å². The molecule has 39 heavy (non-hydrogen) atoms. The molecule has 0 radical (unpaired) electrons. The zero-order valence-corrected chi connectivity index (χ0v) is 23.0. The van der Waals surface area contributed by atoms with E-state index >= 15 is 0 Å². The molecule has 0 heterocycles. The third-order valence-corrected chi connectivity index (χ3v) is 6.10. The lowest BCUT2D eigenvalue weighted by atomic mass is 9.96. The van der Waals surface area contributed by atoms with Gasteiger partial charge in [0.2, 0.25) is 5.91 Å². The minimum Gasteiger partial charge on any atom is -0.444 e. The molecule has 0 bridgehead atoms. The maximum atomic E-state index is 13.9. The second kappa shape index (κ2) is 12.7. The van der Waals surface area contributed by atoms with Crippen molar-refractivity contribution in [1.29, 1.82) is 0 Å². The summed E-state index contributed by atoms with van der Waals surface area (Å²) in [6.07, 6.45) is -0.886. The highest BCUT2D eigenvalue weighted by Crippen LogP contribution is 2.28. The number of aliphatic hydroxyl groups excluding tert-OH is 2. The standard InChI is InChI=1S/C30H37N3O6/c1-19-10-11-20(2)24(16-19)26(27(36)31-23-13-12-21-8-6-7-9-22(21)17-23)33(14-15-34)28(37)25(18-35)32-29(38)39-30(3,4)5/h6-13,16-17,25-26,34-35H,14-15,18H2,1-5H3,(H,31,36)(H,32,38). The monoisotopic (exact) mass is 535 g/mol. The lowest BCUT2D eigenvalue weighted by Gasteiger charge is -2.34. The third-order valence-electron chi connectivity index (χ3n) is 6.10. The van der Waals surface area contributed by atoms with E-state index in [4.69, 9.17) is 4.74 Å². The predicted octanol–water partition coefficient (Wildman–Crippen LogP) is 3.84. The molecule has 0 aliphatic rings. The van der Waals surface area contributed by atoms with Gasteiger partial charge in [0.15, 0.2) is 0 Å². The first kappa shape index (κ1) is 29.6. The maximum Gasteiger partial charge on any atom is 0.408 e. The summed E-state index contributed by atoms with van der Waals surface area (Å²) in [5.41, 5.74) is 1.91. The number of carbonyl (C=O) groups is 3. The van der Waals surface area contributed by atoms with Crippen molar-refractivity contribution < 1.29 is 29.3 Å². The molecule has 9 nitrogen and oxygen atoms in total. The normalized spacial score (nSPS) is 12.9. The molecule has 4 N–H and O–H groups in total. The summed E-state index contributed by atoms with van der Waals surface area (Å²) in [5, 5.41) is 27.1. The van der Waals surface area contributed by atoms with Gasteiger partial charge in [-0.1, -0.05) is 54.1 Å². The summed E-state index contributed by atoms with van der Waals surface area (Å²) in [7, 11) is 0. The van der Waals surface area contributed by atoms with Crippen LogP contribution < -0.4 is 10.6 Å². The topological polar surface area (TPSA) is 128 Å². The van der Waals surface area contributed by atoms with E-state index in [2.05, 4.69) is 10.6 Å². The number of aryl methyl sites for hydroxylation is 2. The van der Waals surface area contributed by atoms with Crippen molar-refractivity contribution in [3.05, 3.63) is 77.4 Å². The molecule has 0 saturated heterocycles. The Morgan fingerprint density at radius 2 is 1.64 bits per heavy atom. The number of amides is 3. The molecule has 208 valence electrons. The average Bonchev–Trinajstić information content (AvgIpc) is 2.87. The third kappa shape index (κ3) is 7.78. The minimum atomic E-state index is -1.40. The molecule has 3 aromatic rings. The van der Waals surface area contributed by atoms with Crippen molar-refractivity contribution in [2.45, 2.75) is 52.3 Å². The van der Waals surface area contributed by atoms with Crippen molar-refractivity contribution in [3.63, 3.8) is 0 Å². The molecule has 3 rings (SSSR count). The smallest absolute Gasteiger partial charge is 0.408 e. The van der Waals surface area contributed by atoms with Crippen LogP contribution in [0.3, 0.4) is 0 Å². The van der Waals surface area contributed by atoms with Gasteiger partial charge in [-0.05, 0) is 68.7 Å². The molecular weight excluding hydrogens is 498 g/mol. The highest BCUT2D eigenvalue weighted by molar-refractivity contribution is 6.00. The SMILES string of the molecule is Cc1ccc(C)c(C(C(=O)Nc2ccc3ccccc3c2)N(CCO)C(=O)C(CO)NC(=O)OC(C)(C)C)c1. The van der Waals surface area contributed by atoms with Crippen LogP contribution in [0.2, 0.25) is 0 Å². The quantitative estimate of drug-likeness (QED) is 0.330. The van der Waals surface area contributed by atoms with E-state index in [0.717, 1.165) is 21.9 Å². The van der Waals surface area contributed by atoms with E-state index in [1.54, 1.807) is 26.8 Å². The van der Waals surface area contributed by atoms with Crippen LogP contribution in [0, 0.1) is 13.8 Å². The number of carbonyl (C=O) groups excluding carboxylic acids is 3. The fourth-order valence-corrected chi connectivity index (χ4v) is 4.29. The molecule has 0 aliphatic carbocycles. The number of alkyl carbamates (subject to hydrolysis) is 1. The Kier molecular flexibility index (Phi) is 9.66. The van der Waals surface area contributed by atoms with Crippen molar-refractivity contribution in [3.8, 4) is 0 Å². The van der Waals surface area contributed by atoms with Gasteiger partial charge in [-0.15, -0.1) is 0 Å². The van der Waals surface area contributed by atoms with E-state index in [9.17, 15) is 24.6 Å². The summed E-state index contributed by atoms with van der Waals surface area (Å²) in [6, 6.07) is 16.2.